The lowest BCUT2D eigenvalue weighted by atomic mass is 10.2. The largest absolute Gasteiger partial charge is 0.476 e. The van der Waals surface area contributed by atoms with Gasteiger partial charge in [0.2, 0.25) is 0 Å². The number of aromatic nitrogens is 4. The molecule has 0 aliphatic carbocycles. The van der Waals surface area contributed by atoms with E-state index in [9.17, 15) is 4.79 Å². The van der Waals surface area contributed by atoms with E-state index < -0.39 is 5.97 Å². The maximum Gasteiger partial charge on any atom is 0.358 e. The molecule has 0 aliphatic rings. The second-order valence-electron chi connectivity index (χ2n) is 4.25. The molecule has 0 amide bonds. The van der Waals surface area contributed by atoms with Gasteiger partial charge in [-0.25, -0.2) is 9.31 Å². The van der Waals surface area contributed by atoms with Gasteiger partial charge >= 0.3 is 5.97 Å². The van der Waals surface area contributed by atoms with Gasteiger partial charge in [-0.3, -0.25) is 0 Å². The fourth-order valence-electron chi connectivity index (χ4n) is 1.92. The zero-order chi connectivity index (χ0) is 14.3. The summed E-state index contributed by atoms with van der Waals surface area (Å²) in [6, 6.07) is 8.95. The van der Waals surface area contributed by atoms with Crippen LogP contribution in [0.5, 0.6) is 0 Å². The first kappa shape index (κ1) is 12.6. The highest BCUT2D eigenvalue weighted by atomic mass is 35.5. The number of rotatable bonds is 2. The molecule has 0 saturated heterocycles. The standard InChI is InChI=1S/C13H9ClN4O2/c1-7-12(13(19)20)16-15-11-6-10(17-18(7)11)8-2-4-9(14)5-3-8/h2-6H,1H3,(H,19,20). The number of aromatic carboxylic acids is 1. The third-order valence-corrected chi connectivity index (χ3v) is 3.20. The highest BCUT2D eigenvalue weighted by Crippen LogP contribution is 2.21. The van der Waals surface area contributed by atoms with E-state index in [1.807, 2.05) is 12.1 Å². The molecule has 0 fully saturated rings. The molecule has 6 nitrogen and oxygen atoms in total. The smallest absolute Gasteiger partial charge is 0.358 e. The summed E-state index contributed by atoms with van der Waals surface area (Å²) in [6.45, 7) is 1.64. The molecule has 20 heavy (non-hydrogen) atoms. The minimum atomic E-state index is -1.12. The monoisotopic (exact) mass is 288 g/mol. The van der Waals surface area contributed by atoms with Gasteiger partial charge in [-0.05, 0) is 19.1 Å². The minimum absolute atomic E-state index is 0.108. The van der Waals surface area contributed by atoms with Crippen LogP contribution in [0.2, 0.25) is 5.02 Å². The normalized spacial score (nSPS) is 10.9. The van der Waals surface area contributed by atoms with Crippen LogP contribution in [0.4, 0.5) is 0 Å². The predicted octanol–water partition coefficient (Wildman–Crippen LogP) is 2.45. The molecule has 2 heterocycles. The van der Waals surface area contributed by atoms with Crippen LogP contribution in [0, 0.1) is 6.92 Å². The van der Waals surface area contributed by atoms with Crippen LogP contribution in [-0.4, -0.2) is 30.9 Å². The summed E-state index contributed by atoms with van der Waals surface area (Å²) in [5, 5.41) is 21.6. The van der Waals surface area contributed by atoms with Crippen molar-refractivity contribution in [3.8, 4) is 11.3 Å². The molecule has 0 spiro atoms. The summed E-state index contributed by atoms with van der Waals surface area (Å²) in [7, 11) is 0. The molecule has 1 aromatic carbocycles. The lowest BCUT2D eigenvalue weighted by Gasteiger charge is -2.00. The van der Waals surface area contributed by atoms with Crippen LogP contribution in [0.1, 0.15) is 16.2 Å². The predicted molar refractivity (Wildman–Crippen MR) is 72.9 cm³/mol. The molecule has 2 aromatic heterocycles. The summed E-state index contributed by atoms with van der Waals surface area (Å²) in [4.78, 5) is 11.0. The molecule has 0 atom stereocenters. The number of nitrogens with zero attached hydrogens (tertiary/aromatic N) is 4. The van der Waals surface area contributed by atoms with E-state index in [0.29, 0.717) is 22.1 Å². The number of carboxylic acids is 1. The van der Waals surface area contributed by atoms with Crippen molar-refractivity contribution >= 4 is 23.2 Å². The molecule has 0 saturated carbocycles. The van der Waals surface area contributed by atoms with Crippen molar-refractivity contribution in [2.75, 3.05) is 0 Å². The lowest BCUT2D eigenvalue weighted by molar-refractivity contribution is 0.0687. The highest BCUT2D eigenvalue weighted by molar-refractivity contribution is 6.30. The van der Waals surface area contributed by atoms with E-state index >= 15 is 0 Å². The number of carboxylic acid groups (broad SMARTS) is 1. The number of fused-ring (bicyclic) bond motifs is 1. The van der Waals surface area contributed by atoms with Crippen LogP contribution in [0.3, 0.4) is 0 Å². The van der Waals surface area contributed by atoms with Crippen molar-refractivity contribution in [3.05, 3.63) is 46.7 Å². The van der Waals surface area contributed by atoms with Gasteiger partial charge in [0.15, 0.2) is 11.3 Å². The van der Waals surface area contributed by atoms with E-state index in [4.69, 9.17) is 16.7 Å². The Hall–Kier alpha value is -2.47. The Bertz CT molecular complexity index is 811. The molecule has 0 bridgehead atoms. The molecule has 0 radical (unpaired) electrons. The Labute approximate surface area is 118 Å². The molecule has 3 rings (SSSR count). The second-order valence-corrected chi connectivity index (χ2v) is 4.68. The summed E-state index contributed by atoms with van der Waals surface area (Å²) >= 11 is 5.85. The van der Waals surface area contributed by atoms with Crippen LogP contribution in [0.25, 0.3) is 16.9 Å². The van der Waals surface area contributed by atoms with E-state index in [0.717, 1.165) is 5.56 Å². The van der Waals surface area contributed by atoms with Gasteiger partial charge < -0.3 is 5.11 Å². The molecule has 0 unspecified atom stereocenters. The summed E-state index contributed by atoms with van der Waals surface area (Å²) < 4.78 is 1.47. The Balaban J connectivity index is 2.18. The summed E-state index contributed by atoms with van der Waals surface area (Å²) in [6.07, 6.45) is 0. The van der Waals surface area contributed by atoms with Gasteiger partial charge in [0.05, 0.1) is 11.4 Å². The molecule has 1 N–H and O–H groups in total. The van der Waals surface area contributed by atoms with Gasteiger partial charge in [0.1, 0.15) is 0 Å². The zero-order valence-electron chi connectivity index (χ0n) is 10.4. The van der Waals surface area contributed by atoms with Gasteiger partial charge in [-0.2, -0.15) is 5.10 Å². The van der Waals surface area contributed by atoms with Crippen molar-refractivity contribution in [3.63, 3.8) is 0 Å². The maximum atomic E-state index is 11.0. The van der Waals surface area contributed by atoms with Crippen molar-refractivity contribution < 1.29 is 9.90 Å². The topological polar surface area (TPSA) is 80.4 Å². The number of benzene rings is 1. The van der Waals surface area contributed by atoms with Crippen molar-refractivity contribution in [1.29, 1.82) is 0 Å². The Morgan fingerprint density at radius 2 is 1.95 bits per heavy atom. The maximum absolute atomic E-state index is 11.0. The number of aryl methyl sites for hydroxylation is 1. The molecular formula is C13H9ClN4O2. The first-order valence-corrected chi connectivity index (χ1v) is 6.16. The summed E-state index contributed by atoms with van der Waals surface area (Å²) in [5.41, 5.74) is 2.38. The van der Waals surface area contributed by atoms with Crippen LogP contribution < -0.4 is 0 Å². The number of halogens is 1. The Kier molecular flexibility index (Phi) is 2.87. The van der Waals surface area contributed by atoms with Gasteiger partial charge in [-0.1, -0.05) is 23.7 Å². The summed E-state index contributed by atoms with van der Waals surface area (Å²) in [5.74, 6) is -1.12. The highest BCUT2D eigenvalue weighted by Gasteiger charge is 2.15. The minimum Gasteiger partial charge on any atom is -0.476 e. The Morgan fingerprint density at radius 1 is 1.25 bits per heavy atom. The fraction of sp³-hybridized carbons (Fsp3) is 0.0769. The van der Waals surface area contributed by atoms with E-state index in [-0.39, 0.29) is 5.69 Å². The molecule has 100 valence electrons. The number of carbonyl (C=O) groups is 1. The molecule has 7 heteroatoms. The van der Waals surface area contributed by atoms with Crippen LogP contribution >= 0.6 is 11.6 Å². The van der Waals surface area contributed by atoms with Crippen molar-refractivity contribution in [2.24, 2.45) is 0 Å². The second kappa shape index (κ2) is 4.57. The molecular weight excluding hydrogens is 280 g/mol. The zero-order valence-corrected chi connectivity index (χ0v) is 11.2. The quantitative estimate of drug-likeness (QED) is 0.783. The SMILES string of the molecule is Cc1c(C(=O)O)nnc2cc(-c3ccc(Cl)cc3)nn12. The lowest BCUT2D eigenvalue weighted by Crippen LogP contribution is -2.10. The number of hydrogen-bond donors (Lipinski definition) is 1. The molecule has 3 aromatic rings. The van der Waals surface area contributed by atoms with E-state index in [1.54, 1.807) is 25.1 Å². The van der Waals surface area contributed by atoms with Crippen molar-refractivity contribution in [2.45, 2.75) is 6.92 Å². The van der Waals surface area contributed by atoms with Crippen molar-refractivity contribution in [1.82, 2.24) is 19.8 Å². The molecule has 0 aliphatic heterocycles. The average molecular weight is 289 g/mol. The van der Waals surface area contributed by atoms with Crippen LogP contribution in [0.15, 0.2) is 30.3 Å². The Morgan fingerprint density at radius 3 is 2.60 bits per heavy atom. The van der Waals surface area contributed by atoms with Gasteiger partial charge in [0.25, 0.3) is 0 Å². The number of hydrogen-bond acceptors (Lipinski definition) is 4. The van der Waals surface area contributed by atoms with E-state index in [2.05, 4.69) is 15.3 Å². The first-order chi connectivity index (χ1) is 9.56. The van der Waals surface area contributed by atoms with Crippen LogP contribution in [-0.2, 0) is 0 Å². The third kappa shape index (κ3) is 2.00. The van der Waals surface area contributed by atoms with Gasteiger partial charge in [-0.15, -0.1) is 10.2 Å². The van der Waals surface area contributed by atoms with Gasteiger partial charge in [0, 0.05) is 16.7 Å². The third-order valence-electron chi connectivity index (χ3n) is 2.95. The first-order valence-electron chi connectivity index (χ1n) is 5.78. The average Bonchev–Trinajstić information content (AvgIpc) is 2.84. The van der Waals surface area contributed by atoms with E-state index in [1.165, 1.54) is 4.52 Å². The fourth-order valence-corrected chi connectivity index (χ4v) is 2.05.